The molecule has 0 bridgehead atoms. The summed E-state index contributed by atoms with van der Waals surface area (Å²) in [5, 5.41) is 5.23. The van der Waals surface area contributed by atoms with E-state index in [0.29, 0.717) is 11.3 Å². The highest BCUT2D eigenvalue weighted by Crippen LogP contribution is 2.31. The predicted molar refractivity (Wildman–Crippen MR) is 111 cm³/mol. The van der Waals surface area contributed by atoms with Crippen molar-refractivity contribution in [1.82, 2.24) is 4.57 Å². The molecular formula is C23H20N2O3. The Labute approximate surface area is 162 Å². The molecule has 0 fully saturated rings. The van der Waals surface area contributed by atoms with Crippen LogP contribution in [-0.2, 0) is 11.3 Å². The second kappa shape index (κ2) is 7.19. The van der Waals surface area contributed by atoms with E-state index in [0.717, 1.165) is 23.1 Å². The van der Waals surface area contributed by atoms with Crippen LogP contribution in [0.4, 0.5) is 5.69 Å². The molecule has 5 nitrogen and oxygen atoms in total. The molecule has 4 aromatic rings. The van der Waals surface area contributed by atoms with Gasteiger partial charge >= 0.3 is 5.97 Å². The summed E-state index contributed by atoms with van der Waals surface area (Å²) in [7, 11) is 0. The van der Waals surface area contributed by atoms with Crippen LogP contribution < -0.4 is 10.1 Å². The second-order valence-corrected chi connectivity index (χ2v) is 6.57. The molecule has 0 aliphatic heterocycles. The van der Waals surface area contributed by atoms with Crippen molar-refractivity contribution in [3.05, 3.63) is 72.3 Å². The number of fused-ring (bicyclic) bond motifs is 3. The summed E-state index contributed by atoms with van der Waals surface area (Å²) < 4.78 is 7.26. The van der Waals surface area contributed by atoms with Crippen LogP contribution in [-0.4, -0.2) is 16.4 Å². The second-order valence-electron chi connectivity index (χ2n) is 6.57. The van der Waals surface area contributed by atoms with Gasteiger partial charge < -0.3 is 14.6 Å². The van der Waals surface area contributed by atoms with Crippen molar-refractivity contribution in [3.8, 4) is 5.75 Å². The number of carbonyl (C=O) groups excluding carboxylic acids is 2. The van der Waals surface area contributed by atoms with Crippen LogP contribution in [0.1, 0.15) is 24.2 Å². The Balaban J connectivity index is 1.63. The van der Waals surface area contributed by atoms with Crippen molar-refractivity contribution in [3.63, 3.8) is 0 Å². The van der Waals surface area contributed by atoms with E-state index >= 15 is 0 Å². The van der Waals surface area contributed by atoms with E-state index in [1.807, 2.05) is 30.3 Å². The average Bonchev–Trinajstić information content (AvgIpc) is 3.01. The number of rotatable bonds is 4. The lowest BCUT2D eigenvalue weighted by atomic mass is 10.1. The minimum atomic E-state index is -0.392. The largest absolute Gasteiger partial charge is 0.427 e. The van der Waals surface area contributed by atoms with Crippen molar-refractivity contribution < 1.29 is 14.3 Å². The summed E-state index contributed by atoms with van der Waals surface area (Å²) in [6, 6.07) is 20.7. The molecule has 1 aromatic heterocycles. The van der Waals surface area contributed by atoms with Crippen molar-refractivity contribution in [2.75, 3.05) is 5.32 Å². The number of amides is 1. The lowest BCUT2D eigenvalue weighted by molar-refractivity contribution is -0.131. The first-order chi connectivity index (χ1) is 13.6. The minimum absolute atomic E-state index is 0.215. The van der Waals surface area contributed by atoms with Crippen LogP contribution in [0.15, 0.2) is 66.7 Å². The molecule has 5 heteroatoms. The van der Waals surface area contributed by atoms with Crippen LogP contribution in [0.2, 0.25) is 0 Å². The summed E-state index contributed by atoms with van der Waals surface area (Å²) >= 11 is 0. The molecule has 3 aromatic carbocycles. The topological polar surface area (TPSA) is 60.3 Å². The minimum Gasteiger partial charge on any atom is -0.427 e. The number of nitrogens with one attached hydrogen (secondary N) is 1. The standard InChI is InChI=1S/C23H20N2O3/c1-3-25-21-7-5-4-6-19(21)20-14-17(10-13-22(20)25)24-23(27)16-8-11-18(12-9-16)28-15(2)26/h4-14H,3H2,1-2H3,(H,24,27). The number of aromatic nitrogens is 1. The molecule has 140 valence electrons. The van der Waals surface area contributed by atoms with Gasteiger partial charge in [-0.2, -0.15) is 0 Å². The molecule has 0 radical (unpaired) electrons. The van der Waals surface area contributed by atoms with Gasteiger partial charge in [0.1, 0.15) is 5.75 Å². The zero-order chi connectivity index (χ0) is 19.7. The van der Waals surface area contributed by atoms with E-state index in [1.54, 1.807) is 24.3 Å². The summed E-state index contributed by atoms with van der Waals surface area (Å²) in [6.45, 7) is 4.34. The maximum atomic E-state index is 12.6. The SMILES string of the molecule is CCn1c2ccccc2c2cc(NC(=O)c3ccc(OC(C)=O)cc3)ccc21. The van der Waals surface area contributed by atoms with Crippen molar-refractivity contribution in [2.24, 2.45) is 0 Å². The number of aryl methyl sites for hydroxylation is 1. The number of nitrogens with zero attached hydrogens (tertiary/aromatic N) is 1. The quantitative estimate of drug-likeness (QED) is 0.405. The Hall–Kier alpha value is -3.60. The maximum absolute atomic E-state index is 12.6. The van der Waals surface area contributed by atoms with Crippen LogP contribution >= 0.6 is 0 Å². The van der Waals surface area contributed by atoms with Gasteiger partial charge in [-0.1, -0.05) is 18.2 Å². The number of hydrogen-bond donors (Lipinski definition) is 1. The number of benzene rings is 3. The lowest BCUT2D eigenvalue weighted by Crippen LogP contribution is -2.11. The first kappa shape index (κ1) is 17.8. The average molecular weight is 372 g/mol. The van der Waals surface area contributed by atoms with E-state index in [2.05, 4.69) is 28.9 Å². The number of anilines is 1. The van der Waals surface area contributed by atoms with Gasteiger partial charge in [0.05, 0.1) is 0 Å². The molecule has 0 unspecified atom stereocenters. The third-order valence-corrected chi connectivity index (χ3v) is 4.72. The van der Waals surface area contributed by atoms with Crippen LogP contribution in [0.3, 0.4) is 0 Å². The third-order valence-electron chi connectivity index (χ3n) is 4.72. The molecule has 0 saturated carbocycles. The third kappa shape index (κ3) is 3.22. The number of carbonyl (C=O) groups is 2. The Morgan fingerprint density at radius 3 is 2.36 bits per heavy atom. The molecule has 1 heterocycles. The molecule has 0 aliphatic carbocycles. The molecule has 4 rings (SSSR count). The molecular weight excluding hydrogens is 352 g/mol. The number of ether oxygens (including phenoxy) is 1. The van der Waals surface area contributed by atoms with Crippen LogP contribution in [0, 0.1) is 0 Å². The molecule has 28 heavy (non-hydrogen) atoms. The highest BCUT2D eigenvalue weighted by Gasteiger charge is 2.12. The Kier molecular flexibility index (Phi) is 4.57. The smallest absolute Gasteiger partial charge is 0.308 e. The van der Waals surface area contributed by atoms with Gasteiger partial charge in [0.2, 0.25) is 0 Å². The molecule has 0 aliphatic rings. The summed E-state index contributed by atoms with van der Waals surface area (Å²) in [6.07, 6.45) is 0. The van der Waals surface area contributed by atoms with Gasteiger partial charge in [-0.3, -0.25) is 9.59 Å². The maximum Gasteiger partial charge on any atom is 0.308 e. The Bertz CT molecular complexity index is 1190. The summed E-state index contributed by atoms with van der Waals surface area (Å²) in [4.78, 5) is 23.6. The predicted octanol–water partition coefficient (Wildman–Crippen LogP) is 4.99. The fourth-order valence-corrected chi connectivity index (χ4v) is 3.52. The Morgan fingerprint density at radius 1 is 0.929 bits per heavy atom. The highest BCUT2D eigenvalue weighted by molar-refractivity contribution is 6.11. The summed E-state index contributed by atoms with van der Waals surface area (Å²) in [5.41, 5.74) is 3.56. The van der Waals surface area contributed by atoms with Crippen molar-refractivity contribution in [2.45, 2.75) is 20.4 Å². The normalized spacial score (nSPS) is 10.9. The van der Waals surface area contributed by atoms with E-state index in [4.69, 9.17) is 4.74 Å². The monoisotopic (exact) mass is 372 g/mol. The van der Waals surface area contributed by atoms with E-state index in [-0.39, 0.29) is 5.91 Å². The molecule has 0 spiro atoms. The molecule has 0 saturated heterocycles. The van der Waals surface area contributed by atoms with Gasteiger partial charge in [-0.15, -0.1) is 0 Å². The fourth-order valence-electron chi connectivity index (χ4n) is 3.52. The highest BCUT2D eigenvalue weighted by atomic mass is 16.5. The fraction of sp³-hybridized carbons (Fsp3) is 0.130. The zero-order valence-corrected chi connectivity index (χ0v) is 15.7. The van der Waals surface area contributed by atoms with Crippen molar-refractivity contribution in [1.29, 1.82) is 0 Å². The number of esters is 1. The summed E-state index contributed by atoms with van der Waals surface area (Å²) in [5.74, 6) is -0.192. The molecule has 1 amide bonds. The van der Waals surface area contributed by atoms with E-state index in [1.165, 1.54) is 17.8 Å². The zero-order valence-electron chi connectivity index (χ0n) is 15.7. The van der Waals surface area contributed by atoms with E-state index < -0.39 is 5.97 Å². The molecule has 0 atom stereocenters. The van der Waals surface area contributed by atoms with E-state index in [9.17, 15) is 9.59 Å². The first-order valence-electron chi connectivity index (χ1n) is 9.17. The van der Waals surface area contributed by atoms with Gasteiger partial charge in [0.15, 0.2) is 0 Å². The van der Waals surface area contributed by atoms with Gasteiger partial charge in [-0.25, -0.2) is 0 Å². The van der Waals surface area contributed by atoms with Crippen molar-refractivity contribution >= 4 is 39.4 Å². The Morgan fingerprint density at radius 2 is 1.64 bits per heavy atom. The van der Waals surface area contributed by atoms with Gasteiger partial charge in [-0.05, 0) is 55.5 Å². The number of hydrogen-bond acceptors (Lipinski definition) is 3. The van der Waals surface area contributed by atoms with Crippen LogP contribution in [0.25, 0.3) is 21.8 Å². The van der Waals surface area contributed by atoms with Gasteiger partial charge in [0, 0.05) is 46.5 Å². The lowest BCUT2D eigenvalue weighted by Gasteiger charge is -2.07. The molecule has 1 N–H and O–H groups in total. The van der Waals surface area contributed by atoms with Gasteiger partial charge in [0.25, 0.3) is 5.91 Å². The first-order valence-corrected chi connectivity index (χ1v) is 9.17. The van der Waals surface area contributed by atoms with Crippen LogP contribution in [0.5, 0.6) is 5.75 Å². The number of para-hydroxylation sites is 1.